The number of nitrogens with two attached hydrogens (primary N) is 1. The first-order valence-electron chi connectivity index (χ1n) is 6.93. The largest absolute Gasteiger partial charge is 0.350 e. The molecular formula is C16H22ClN3OS. The molecule has 0 saturated carbocycles. The van der Waals surface area contributed by atoms with Crippen molar-refractivity contribution in [2.75, 3.05) is 6.54 Å². The predicted molar refractivity (Wildman–Crippen MR) is 93.8 cm³/mol. The zero-order valence-electron chi connectivity index (χ0n) is 13.1. The van der Waals surface area contributed by atoms with Gasteiger partial charge >= 0.3 is 0 Å². The lowest BCUT2D eigenvalue weighted by molar-refractivity contribution is 0.0941. The molecule has 0 unspecified atom stereocenters. The smallest absolute Gasteiger partial charge is 0.270 e. The summed E-state index contributed by atoms with van der Waals surface area (Å²) in [5, 5.41) is 5.49. The van der Waals surface area contributed by atoms with Gasteiger partial charge in [-0.2, -0.15) is 0 Å². The average Bonchev–Trinajstić information content (AvgIpc) is 2.94. The minimum absolute atomic E-state index is 0. The van der Waals surface area contributed by atoms with Crippen molar-refractivity contribution < 1.29 is 4.79 Å². The van der Waals surface area contributed by atoms with E-state index in [0.29, 0.717) is 18.8 Å². The van der Waals surface area contributed by atoms with E-state index in [2.05, 4.69) is 43.2 Å². The van der Waals surface area contributed by atoms with Crippen molar-refractivity contribution in [1.29, 1.82) is 0 Å². The number of hydrogen-bond donors (Lipinski definition) is 2. The molecule has 0 aliphatic heterocycles. The van der Waals surface area contributed by atoms with E-state index >= 15 is 0 Å². The summed E-state index contributed by atoms with van der Waals surface area (Å²) in [4.78, 5) is 16.3. The summed E-state index contributed by atoms with van der Waals surface area (Å²) in [7, 11) is 0. The molecule has 2 aromatic rings. The van der Waals surface area contributed by atoms with Crippen LogP contribution in [0.1, 0.15) is 40.5 Å². The van der Waals surface area contributed by atoms with Crippen LogP contribution in [-0.2, 0) is 12.0 Å². The zero-order chi connectivity index (χ0) is 15.5. The first kappa shape index (κ1) is 18.6. The Bertz CT molecular complexity index is 640. The number of rotatable bonds is 5. The fourth-order valence-corrected chi connectivity index (χ4v) is 2.98. The normalized spacial score (nSPS) is 10.9. The maximum Gasteiger partial charge on any atom is 0.270 e. The third kappa shape index (κ3) is 4.29. The van der Waals surface area contributed by atoms with Crippen LogP contribution in [0.25, 0.3) is 0 Å². The Balaban J connectivity index is 0.00000242. The number of carbonyl (C=O) groups is 1. The molecule has 0 atom stereocenters. The van der Waals surface area contributed by atoms with E-state index in [1.165, 1.54) is 22.5 Å². The maximum atomic E-state index is 12.1. The van der Waals surface area contributed by atoms with Crippen molar-refractivity contribution in [2.24, 2.45) is 5.73 Å². The highest BCUT2D eigenvalue weighted by molar-refractivity contribution is 7.09. The molecule has 2 rings (SSSR count). The predicted octanol–water partition coefficient (Wildman–Crippen LogP) is 3.04. The van der Waals surface area contributed by atoms with Gasteiger partial charge < -0.3 is 11.1 Å². The molecule has 6 heteroatoms. The summed E-state index contributed by atoms with van der Waals surface area (Å²) < 4.78 is 0. The standard InChI is InChI=1S/C16H21N3OS.ClH/c1-11-6-4-5-7-12(11)16(2,3)10-18-15(20)13-9-21-14(8-17)19-13;/h4-7,9H,8,10,17H2,1-3H3,(H,18,20);1H. The van der Waals surface area contributed by atoms with Crippen LogP contribution < -0.4 is 11.1 Å². The van der Waals surface area contributed by atoms with Crippen LogP contribution in [0.5, 0.6) is 0 Å². The molecule has 0 aliphatic rings. The van der Waals surface area contributed by atoms with Crippen LogP contribution in [0, 0.1) is 6.92 Å². The molecule has 0 fully saturated rings. The van der Waals surface area contributed by atoms with Gasteiger partial charge in [0, 0.05) is 23.9 Å². The molecule has 1 amide bonds. The monoisotopic (exact) mass is 339 g/mol. The van der Waals surface area contributed by atoms with E-state index in [9.17, 15) is 4.79 Å². The van der Waals surface area contributed by atoms with Crippen LogP contribution in [0.4, 0.5) is 0 Å². The first-order valence-corrected chi connectivity index (χ1v) is 7.81. The topological polar surface area (TPSA) is 68.0 Å². The van der Waals surface area contributed by atoms with Gasteiger partial charge in [-0.05, 0) is 18.1 Å². The Morgan fingerprint density at radius 3 is 2.64 bits per heavy atom. The lowest BCUT2D eigenvalue weighted by Gasteiger charge is -2.27. The van der Waals surface area contributed by atoms with Crippen molar-refractivity contribution in [3.05, 3.63) is 51.5 Å². The summed E-state index contributed by atoms with van der Waals surface area (Å²) in [5.41, 5.74) is 8.30. The van der Waals surface area contributed by atoms with Crippen molar-refractivity contribution in [1.82, 2.24) is 10.3 Å². The summed E-state index contributed by atoms with van der Waals surface area (Å²) in [5.74, 6) is -0.146. The van der Waals surface area contributed by atoms with Crippen LogP contribution in [0.3, 0.4) is 0 Å². The van der Waals surface area contributed by atoms with Gasteiger partial charge in [0.15, 0.2) is 0 Å². The van der Waals surface area contributed by atoms with Crippen LogP contribution in [0.15, 0.2) is 29.6 Å². The number of carbonyl (C=O) groups excluding carboxylic acids is 1. The molecule has 3 N–H and O–H groups in total. The number of nitrogens with one attached hydrogen (secondary N) is 1. The number of nitrogens with zero attached hydrogens (tertiary/aromatic N) is 1. The van der Waals surface area contributed by atoms with Gasteiger partial charge in [0.2, 0.25) is 0 Å². The molecule has 22 heavy (non-hydrogen) atoms. The third-order valence-electron chi connectivity index (χ3n) is 3.52. The minimum Gasteiger partial charge on any atom is -0.350 e. The molecule has 0 spiro atoms. The SMILES string of the molecule is Cc1ccccc1C(C)(C)CNC(=O)c1csc(CN)n1.Cl. The fourth-order valence-electron chi connectivity index (χ4n) is 2.33. The van der Waals surface area contributed by atoms with E-state index < -0.39 is 0 Å². The summed E-state index contributed by atoms with van der Waals surface area (Å²) in [6, 6.07) is 8.25. The third-order valence-corrected chi connectivity index (χ3v) is 4.40. The van der Waals surface area contributed by atoms with Crippen LogP contribution >= 0.6 is 23.7 Å². The molecule has 0 bridgehead atoms. The average molecular weight is 340 g/mol. The molecule has 0 radical (unpaired) electrons. The van der Waals surface area contributed by atoms with E-state index in [-0.39, 0.29) is 23.7 Å². The lowest BCUT2D eigenvalue weighted by Crippen LogP contribution is -2.37. The minimum atomic E-state index is -0.146. The van der Waals surface area contributed by atoms with Gasteiger partial charge in [0.05, 0.1) is 0 Å². The van der Waals surface area contributed by atoms with Crippen molar-refractivity contribution in [3.8, 4) is 0 Å². The number of aromatic nitrogens is 1. The number of benzene rings is 1. The highest BCUT2D eigenvalue weighted by Crippen LogP contribution is 2.25. The Morgan fingerprint density at radius 1 is 1.36 bits per heavy atom. The molecular weight excluding hydrogens is 318 g/mol. The zero-order valence-corrected chi connectivity index (χ0v) is 14.7. The molecule has 1 aromatic heterocycles. The fraction of sp³-hybridized carbons (Fsp3) is 0.375. The van der Waals surface area contributed by atoms with Crippen molar-refractivity contribution in [3.63, 3.8) is 0 Å². The summed E-state index contributed by atoms with van der Waals surface area (Å²) in [6.07, 6.45) is 0. The number of amides is 1. The van der Waals surface area contributed by atoms with Gasteiger partial charge in [-0.1, -0.05) is 38.1 Å². The van der Waals surface area contributed by atoms with Gasteiger partial charge in [-0.15, -0.1) is 23.7 Å². The highest BCUT2D eigenvalue weighted by Gasteiger charge is 2.23. The number of halogens is 1. The number of hydrogen-bond acceptors (Lipinski definition) is 4. The van der Waals surface area contributed by atoms with Crippen molar-refractivity contribution >= 4 is 29.7 Å². The van der Waals surface area contributed by atoms with E-state index in [4.69, 9.17) is 5.73 Å². The number of thiazole rings is 1. The molecule has 120 valence electrons. The summed E-state index contributed by atoms with van der Waals surface area (Å²) in [6.45, 7) is 7.27. The van der Waals surface area contributed by atoms with Crippen LogP contribution in [-0.4, -0.2) is 17.4 Å². The van der Waals surface area contributed by atoms with E-state index in [1.54, 1.807) is 5.38 Å². The van der Waals surface area contributed by atoms with Crippen LogP contribution in [0.2, 0.25) is 0 Å². The number of aryl methyl sites for hydroxylation is 1. The second-order valence-corrected chi connectivity index (χ2v) is 6.65. The van der Waals surface area contributed by atoms with Gasteiger partial charge in [-0.25, -0.2) is 4.98 Å². The molecule has 0 aliphatic carbocycles. The molecule has 4 nitrogen and oxygen atoms in total. The van der Waals surface area contributed by atoms with Gasteiger partial charge in [-0.3, -0.25) is 4.79 Å². The van der Waals surface area contributed by atoms with Gasteiger partial charge in [0.25, 0.3) is 5.91 Å². The first-order chi connectivity index (χ1) is 9.94. The summed E-state index contributed by atoms with van der Waals surface area (Å²) >= 11 is 1.41. The molecule has 1 heterocycles. The van der Waals surface area contributed by atoms with E-state index in [1.807, 2.05) is 12.1 Å². The van der Waals surface area contributed by atoms with Gasteiger partial charge in [0.1, 0.15) is 10.7 Å². The molecule has 0 saturated heterocycles. The van der Waals surface area contributed by atoms with E-state index in [0.717, 1.165) is 5.01 Å². The highest BCUT2D eigenvalue weighted by atomic mass is 35.5. The lowest BCUT2D eigenvalue weighted by atomic mass is 9.82. The Hall–Kier alpha value is -1.43. The van der Waals surface area contributed by atoms with Crippen molar-refractivity contribution in [2.45, 2.75) is 32.7 Å². The Morgan fingerprint density at radius 2 is 2.05 bits per heavy atom. The quantitative estimate of drug-likeness (QED) is 0.879. The maximum absolute atomic E-state index is 12.1. The Labute approximate surface area is 141 Å². The molecule has 1 aromatic carbocycles. The Kier molecular flexibility index (Phi) is 6.53. The second kappa shape index (κ2) is 7.72. The second-order valence-electron chi connectivity index (χ2n) is 5.71.